The molecule has 4 N–H and O–H groups in total. The van der Waals surface area contributed by atoms with Crippen molar-refractivity contribution in [2.24, 2.45) is 10.7 Å². The van der Waals surface area contributed by atoms with Crippen molar-refractivity contribution >= 4 is 29.0 Å². The molecule has 0 aliphatic carbocycles. The van der Waals surface area contributed by atoms with Crippen LogP contribution in [0.5, 0.6) is 5.75 Å². The number of amidine groups is 1. The molecule has 0 radical (unpaired) electrons. The molecule has 1 heterocycles. The molecule has 1 amide bonds. The Morgan fingerprint density at radius 2 is 1.93 bits per heavy atom. The molecular weight excluding hydrogens is 376 g/mol. The maximum Gasteiger partial charge on any atom is 0.251 e. The fraction of sp³-hybridized carbons (Fsp3) is 0.333. The summed E-state index contributed by atoms with van der Waals surface area (Å²) in [5.41, 5.74) is 8.38. The number of benzene rings is 2. The molecule has 6 nitrogen and oxygen atoms in total. The summed E-state index contributed by atoms with van der Waals surface area (Å²) in [7, 11) is 0. The first-order valence-electron chi connectivity index (χ1n) is 9.41. The number of nitrogens with two attached hydrogens (primary N) is 1. The number of nitrogens with one attached hydrogen (secondary N) is 2. The Hall–Kier alpha value is -2.57. The third-order valence-corrected chi connectivity index (χ3v) is 4.75. The normalized spacial score (nSPS) is 15.4. The van der Waals surface area contributed by atoms with Gasteiger partial charge < -0.3 is 21.1 Å². The molecule has 1 aliphatic heterocycles. The highest BCUT2D eigenvalue weighted by Crippen LogP contribution is 2.32. The zero-order valence-electron chi connectivity index (χ0n) is 15.9. The average Bonchev–Trinajstić information content (AvgIpc) is 2.68. The number of aliphatic imine (C=N–C) groups is 1. The highest BCUT2D eigenvalue weighted by Gasteiger charge is 2.18. The zero-order valence-corrected chi connectivity index (χ0v) is 16.6. The van der Waals surface area contributed by atoms with Crippen LogP contribution in [0.15, 0.2) is 47.5 Å². The van der Waals surface area contributed by atoms with Gasteiger partial charge in [0, 0.05) is 23.7 Å². The number of carbonyl (C=O) groups excluding carboxylic acids is 1. The van der Waals surface area contributed by atoms with E-state index in [1.54, 1.807) is 24.3 Å². The first kappa shape index (κ1) is 20.2. The Bertz CT molecular complexity index is 852. The monoisotopic (exact) mass is 400 g/mol. The van der Waals surface area contributed by atoms with Crippen LogP contribution < -0.4 is 21.1 Å². The maximum absolute atomic E-state index is 12.0. The second-order valence-corrected chi connectivity index (χ2v) is 7.18. The van der Waals surface area contributed by atoms with Crippen LogP contribution in [-0.4, -0.2) is 30.9 Å². The highest BCUT2D eigenvalue weighted by molar-refractivity contribution is 6.30. The van der Waals surface area contributed by atoms with E-state index in [0.29, 0.717) is 23.0 Å². The van der Waals surface area contributed by atoms with Gasteiger partial charge in [0.05, 0.1) is 0 Å². The zero-order chi connectivity index (χ0) is 19.9. The smallest absolute Gasteiger partial charge is 0.251 e. The summed E-state index contributed by atoms with van der Waals surface area (Å²) in [6.07, 6.45) is 1.69. The van der Waals surface area contributed by atoms with Gasteiger partial charge in [-0.1, -0.05) is 17.7 Å². The van der Waals surface area contributed by atoms with E-state index in [2.05, 4.69) is 15.6 Å². The molecule has 0 saturated carbocycles. The quantitative estimate of drug-likeness (QED) is 0.592. The molecule has 0 fully saturated rings. The third-order valence-electron chi connectivity index (χ3n) is 4.49. The number of rotatable bonds is 8. The van der Waals surface area contributed by atoms with Crippen LogP contribution in [-0.2, 0) is 6.54 Å². The molecule has 0 spiro atoms. The molecule has 2 aromatic rings. The van der Waals surface area contributed by atoms with E-state index in [1.165, 1.54) is 0 Å². The van der Waals surface area contributed by atoms with E-state index in [9.17, 15) is 4.79 Å². The van der Waals surface area contributed by atoms with Gasteiger partial charge in [0.25, 0.3) is 5.91 Å². The van der Waals surface area contributed by atoms with Gasteiger partial charge in [0.1, 0.15) is 17.3 Å². The van der Waals surface area contributed by atoms with Crippen LogP contribution in [0.3, 0.4) is 0 Å². The lowest BCUT2D eigenvalue weighted by molar-refractivity contribution is 0.0953. The SMILES string of the molecule is CC1Oc2ccc(CNCCCCNC(=O)c3ccc(Cl)cc3)cc2N=C1N. The summed E-state index contributed by atoms with van der Waals surface area (Å²) in [6.45, 7) is 4.14. The second-order valence-electron chi connectivity index (χ2n) is 6.75. The van der Waals surface area contributed by atoms with Crippen molar-refractivity contribution in [1.82, 2.24) is 10.6 Å². The lowest BCUT2D eigenvalue weighted by Gasteiger charge is -2.21. The molecule has 1 unspecified atom stereocenters. The second kappa shape index (κ2) is 9.57. The van der Waals surface area contributed by atoms with Crippen LogP contribution >= 0.6 is 11.6 Å². The lowest BCUT2D eigenvalue weighted by atomic mass is 10.1. The molecule has 0 saturated heterocycles. The van der Waals surface area contributed by atoms with Crippen molar-refractivity contribution in [3.8, 4) is 5.75 Å². The van der Waals surface area contributed by atoms with Crippen molar-refractivity contribution in [2.75, 3.05) is 13.1 Å². The van der Waals surface area contributed by atoms with E-state index >= 15 is 0 Å². The number of hydrogen-bond acceptors (Lipinski definition) is 5. The van der Waals surface area contributed by atoms with Crippen molar-refractivity contribution in [1.29, 1.82) is 0 Å². The van der Waals surface area contributed by atoms with Crippen molar-refractivity contribution < 1.29 is 9.53 Å². The van der Waals surface area contributed by atoms with Gasteiger partial charge in [0.15, 0.2) is 6.10 Å². The Balaban J connectivity index is 1.33. The number of amides is 1. The van der Waals surface area contributed by atoms with Gasteiger partial charge in [-0.25, -0.2) is 4.99 Å². The number of nitrogens with zero attached hydrogens (tertiary/aromatic N) is 1. The van der Waals surface area contributed by atoms with Crippen LogP contribution in [0.4, 0.5) is 5.69 Å². The van der Waals surface area contributed by atoms with E-state index in [4.69, 9.17) is 22.1 Å². The molecule has 7 heteroatoms. The molecule has 28 heavy (non-hydrogen) atoms. The highest BCUT2D eigenvalue weighted by atomic mass is 35.5. The van der Waals surface area contributed by atoms with Crippen LogP contribution in [0.25, 0.3) is 0 Å². The van der Waals surface area contributed by atoms with Crippen molar-refractivity contribution in [3.05, 3.63) is 58.6 Å². The number of fused-ring (bicyclic) bond motifs is 1. The van der Waals surface area contributed by atoms with Crippen molar-refractivity contribution in [3.63, 3.8) is 0 Å². The molecule has 3 rings (SSSR count). The van der Waals surface area contributed by atoms with E-state index < -0.39 is 0 Å². The minimum atomic E-state index is -0.184. The maximum atomic E-state index is 12.0. The molecule has 2 aromatic carbocycles. The van der Waals surface area contributed by atoms with Gasteiger partial charge in [-0.15, -0.1) is 0 Å². The Morgan fingerprint density at radius 1 is 1.18 bits per heavy atom. The topological polar surface area (TPSA) is 88.7 Å². The first-order chi connectivity index (χ1) is 13.5. The number of ether oxygens (including phenoxy) is 1. The third kappa shape index (κ3) is 5.47. The van der Waals surface area contributed by atoms with Crippen LogP contribution in [0.1, 0.15) is 35.7 Å². The summed E-state index contributed by atoms with van der Waals surface area (Å²) in [6, 6.07) is 12.8. The predicted molar refractivity (Wildman–Crippen MR) is 113 cm³/mol. The fourth-order valence-corrected chi connectivity index (χ4v) is 2.98. The number of unbranched alkanes of at least 4 members (excludes halogenated alkanes) is 1. The van der Waals surface area contributed by atoms with Gasteiger partial charge in [0.2, 0.25) is 0 Å². The standard InChI is InChI=1S/C21H25ClN4O2/c1-14-20(23)26-18-12-15(4-9-19(18)28-14)13-24-10-2-3-11-25-21(27)16-5-7-17(22)8-6-16/h4-9,12,14,24H,2-3,10-11,13H2,1H3,(H2,23,26)(H,25,27). The van der Waals surface area contributed by atoms with E-state index in [-0.39, 0.29) is 12.0 Å². The molecule has 1 aliphatic rings. The van der Waals surface area contributed by atoms with Gasteiger partial charge >= 0.3 is 0 Å². The molecule has 148 valence electrons. The van der Waals surface area contributed by atoms with E-state index in [1.807, 2.05) is 25.1 Å². The Morgan fingerprint density at radius 3 is 2.71 bits per heavy atom. The summed E-state index contributed by atoms with van der Waals surface area (Å²) < 4.78 is 5.71. The largest absolute Gasteiger partial charge is 0.481 e. The summed E-state index contributed by atoms with van der Waals surface area (Å²) >= 11 is 5.83. The predicted octanol–water partition coefficient (Wildman–Crippen LogP) is 3.41. The number of halogens is 1. The molecule has 0 bridgehead atoms. The minimum Gasteiger partial charge on any atom is -0.481 e. The molecule has 1 atom stereocenters. The Labute approximate surface area is 170 Å². The van der Waals surface area contributed by atoms with Crippen LogP contribution in [0.2, 0.25) is 5.02 Å². The van der Waals surface area contributed by atoms with Crippen molar-refractivity contribution in [2.45, 2.75) is 32.4 Å². The minimum absolute atomic E-state index is 0.0740. The molecule has 0 aromatic heterocycles. The lowest BCUT2D eigenvalue weighted by Crippen LogP contribution is -2.33. The van der Waals surface area contributed by atoms with Crippen LogP contribution in [0, 0.1) is 0 Å². The summed E-state index contributed by atoms with van der Waals surface area (Å²) in [4.78, 5) is 16.4. The molecular formula is C21H25ClN4O2. The number of carbonyl (C=O) groups is 1. The summed E-state index contributed by atoms with van der Waals surface area (Å²) in [5.74, 6) is 1.19. The first-order valence-corrected chi connectivity index (χ1v) is 9.79. The average molecular weight is 401 g/mol. The fourth-order valence-electron chi connectivity index (χ4n) is 2.85. The summed E-state index contributed by atoms with van der Waals surface area (Å²) in [5, 5.41) is 6.95. The van der Waals surface area contributed by atoms with Gasteiger partial charge in [-0.2, -0.15) is 0 Å². The van der Waals surface area contributed by atoms with E-state index in [0.717, 1.165) is 42.9 Å². The van der Waals surface area contributed by atoms with Gasteiger partial charge in [-0.3, -0.25) is 4.79 Å². The number of hydrogen-bond donors (Lipinski definition) is 3. The Kier molecular flexibility index (Phi) is 6.90. The van der Waals surface area contributed by atoms with Gasteiger partial charge in [-0.05, 0) is 68.3 Å².